The molecule has 6 nitrogen and oxygen atoms in total. The van der Waals surface area contributed by atoms with Gasteiger partial charge in [-0.3, -0.25) is 4.57 Å². The molecule has 36 heavy (non-hydrogen) atoms. The molecule has 0 unspecified atom stereocenters. The average Bonchev–Trinajstić information content (AvgIpc) is 2.82. The van der Waals surface area contributed by atoms with Crippen LogP contribution in [-0.4, -0.2) is 34.9 Å². The smallest absolute Gasteiger partial charge is 0.416 e. The van der Waals surface area contributed by atoms with E-state index in [0.29, 0.717) is 18.6 Å². The normalized spacial score (nSPS) is 32.4. The van der Waals surface area contributed by atoms with Gasteiger partial charge in [-0.1, -0.05) is 6.42 Å². The Morgan fingerprint density at radius 1 is 0.972 bits per heavy atom. The number of rotatable bonds is 2. The van der Waals surface area contributed by atoms with Crippen LogP contribution >= 0.6 is 7.60 Å². The van der Waals surface area contributed by atoms with Gasteiger partial charge in [-0.2, -0.15) is 13.2 Å². The van der Waals surface area contributed by atoms with Gasteiger partial charge in [0.2, 0.25) is 0 Å². The van der Waals surface area contributed by atoms with Crippen LogP contribution < -0.4 is 4.74 Å². The molecule has 1 spiro atoms. The number of ether oxygens (including phenoxy) is 1. The van der Waals surface area contributed by atoms with E-state index in [4.69, 9.17) is 13.8 Å². The second kappa shape index (κ2) is 8.24. The van der Waals surface area contributed by atoms with E-state index in [1.165, 1.54) is 6.66 Å². The van der Waals surface area contributed by atoms with Crippen LogP contribution in [0, 0.1) is 23.0 Å². The lowest BCUT2D eigenvalue weighted by atomic mass is 9.59. The first-order chi connectivity index (χ1) is 16.7. The number of sulfone groups is 1. The predicted octanol–water partition coefficient (Wildman–Crippen LogP) is 5.70. The van der Waals surface area contributed by atoms with E-state index in [9.17, 15) is 30.5 Å². The van der Waals surface area contributed by atoms with Crippen LogP contribution in [0.15, 0.2) is 41.3 Å². The van der Waals surface area contributed by atoms with Gasteiger partial charge >= 0.3 is 13.8 Å². The Kier molecular flexibility index (Phi) is 5.87. The lowest BCUT2D eigenvalue weighted by molar-refractivity contribution is -0.137. The third-order valence-corrected chi connectivity index (χ3v) is 11.3. The molecule has 2 aromatic rings. The Bertz CT molecular complexity index is 1350. The van der Waals surface area contributed by atoms with Crippen molar-refractivity contribution < 1.29 is 48.7 Å². The van der Waals surface area contributed by atoms with Gasteiger partial charge in [0.05, 0.1) is 35.8 Å². The summed E-state index contributed by atoms with van der Waals surface area (Å²) in [6.45, 7) is 0.612. The van der Waals surface area contributed by atoms with E-state index in [0.717, 1.165) is 24.3 Å². The fraction of sp³-hybridized carbons (Fsp3) is 0.478. The highest BCUT2D eigenvalue weighted by Gasteiger charge is 2.66. The molecular formula is C23H22F5O6PS. The maximum atomic E-state index is 15.4. The van der Waals surface area contributed by atoms with Crippen LogP contribution in [0.2, 0.25) is 0 Å². The quantitative estimate of drug-likeness (QED) is 0.351. The second-order valence-corrected chi connectivity index (χ2v) is 13.8. The molecule has 0 amide bonds. The highest BCUT2D eigenvalue weighted by molar-refractivity contribution is 7.92. The lowest BCUT2D eigenvalue weighted by Crippen LogP contribution is -2.61. The summed E-state index contributed by atoms with van der Waals surface area (Å²) in [6, 6.07) is 4.56. The zero-order valence-corrected chi connectivity index (χ0v) is 20.7. The van der Waals surface area contributed by atoms with Crippen LogP contribution in [0.25, 0.3) is 0 Å². The highest BCUT2D eigenvalue weighted by Crippen LogP contribution is 2.65. The number of halogens is 5. The molecule has 2 fully saturated rings. The molecule has 0 N–H and O–H groups in total. The van der Waals surface area contributed by atoms with Gasteiger partial charge in [0.1, 0.15) is 10.6 Å². The zero-order valence-electron chi connectivity index (χ0n) is 19.0. The molecule has 2 aliphatic heterocycles. The van der Waals surface area contributed by atoms with Crippen molar-refractivity contribution in [1.29, 1.82) is 0 Å². The summed E-state index contributed by atoms with van der Waals surface area (Å²) in [4.78, 5) is -0.465. The van der Waals surface area contributed by atoms with Gasteiger partial charge < -0.3 is 13.8 Å². The molecule has 1 saturated carbocycles. The van der Waals surface area contributed by atoms with E-state index >= 15 is 4.39 Å². The monoisotopic (exact) mass is 552 g/mol. The zero-order chi connectivity index (χ0) is 26.1. The van der Waals surface area contributed by atoms with Crippen LogP contribution in [0.1, 0.15) is 30.4 Å². The summed E-state index contributed by atoms with van der Waals surface area (Å²) in [7, 11) is -8.02. The van der Waals surface area contributed by atoms with Crippen molar-refractivity contribution in [3.63, 3.8) is 0 Å². The maximum absolute atomic E-state index is 15.4. The van der Waals surface area contributed by atoms with Crippen molar-refractivity contribution in [2.24, 2.45) is 11.3 Å². The molecule has 196 valence electrons. The first-order valence-corrected chi connectivity index (χ1v) is 14.6. The summed E-state index contributed by atoms with van der Waals surface area (Å²) in [6.07, 6.45) is -4.23. The largest absolute Gasteiger partial charge is 0.490 e. The standard InChI is InChI=1S/C23H22F5O6PS/c1-35(29)33-12-21(13-34-35)9-2-10-22(18(21)11-32-20-17(25)8-7-16(24)19(20)22)36(30,31)15-5-3-14(4-6-15)23(26,27)28/h3-8,18H,2,9-13H2,1H3/t18-,21-,22-,35-/m0/s1. The summed E-state index contributed by atoms with van der Waals surface area (Å²) in [5.74, 6) is -3.55. The first kappa shape index (κ1) is 25.6. The minimum absolute atomic E-state index is 0.136. The Hall–Kier alpha value is -2.01. The molecule has 2 heterocycles. The second-order valence-electron chi connectivity index (χ2n) is 9.55. The Morgan fingerprint density at radius 3 is 2.19 bits per heavy atom. The third-order valence-electron chi connectivity index (χ3n) is 7.55. The predicted molar refractivity (Wildman–Crippen MR) is 117 cm³/mol. The molecule has 1 saturated heterocycles. The molecular weight excluding hydrogens is 530 g/mol. The van der Waals surface area contributed by atoms with E-state index < -0.39 is 73.1 Å². The van der Waals surface area contributed by atoms with E-state index in [1.807, 2.05) is 0 Å². The number of hydrogen-bond donors (Lipinski definition) is 0. The molecule has 1 aliphatic carbocycles. The van der Waals surface area contributed by atoms with Crippen molar-refractivity contribution >= 4 is 17.4 Å². The number of hydrogen-bond acceptors (Lipinski definition) is 6. The Labute approximate surface area is 204 Å². The fourth-order valence-electron chi connectivity index (χ4n) is 5.80. The van der Waals surface area contributed by atoms with Gasteiger partial charge in [0.25, 0.3) is 0 Å². The van der Waals surface area contributed by atoms with Crippen molar-refractivity contribution in [3.8, 4) is 5.75 Å². The van der Waals surface area contributed by atoms with E-state index in [2.05, 4.69) is 0 Å². The van der Waals surface area contributed by atoms with Gasteiger partial charge in [-0.05, 0) is 49.2 Å². The average molecular weight is 552 g/mol. The topological polar surface area (TPSA) is 78.9 Å². The molecule has 3 aliphatic rings. The number of fused-ring (bicyclic) bond motifs is 4. The molecule has 0 bridgehead atoms. The van der Waals surface area contributed by atoms with Crippen molar-refractivity contribution in [3.05, 3.63) is 59.2 Å². The summed E-state index contributed by atoms with van der Waals surface area (Å²) < 4.78 is 125. The van der Waals surface area contributed by atoms with Crippen molar-refractivity contribution in [1.82, 2.24) is 0 Å². The van der Waals surface area contributed by atoms with Gasteiger partial charge in [0.15, 0.2) is 21.4 Å². The van der Waals surface area contributed by atoms with Crippen LogP contribution in [0.4, 0.5) is 22.0 Å². The van der Waals surface area contributed by atoms with Crippen LogP contribution in [0.5, 0.6) is 5.75 Å². The molecule has 13 heteroatoms. The minimum atomic E-state index is -4.69. The van der Waals surface area contributed by atoms with Gasteiger partial charge in [0, 0.05) is 18.0 Å². The summed E-state index contributed by atoms with van der Waals surface area (Å²) in [5.41, 5.74) is -2.62. The fourth-order valence-corrected chi connectivity index (χ4v) is 9.33. The summed E-state index contributed by atoms with van der Waals surface area (Å²) >= 11 is 0. The molecule has 2 aromatic carbocycles. The minimum Gasteiger partial charge on any atom is -0.490 e. The van der Waals surface area contributed by atoms with Crippen molar-refractivity contribution in [2.75, 3.05) is 26.5 Å². The Morgan fingerprint density at radius 2 is 1.58 bits per heavy atom. The molecule has 2 atom stereocenters. The van der Waals surface area contributed by atoms with Crippen molar-refractivity contribution in [2.45, 2.75) is 35.1 Å². The SMILES string of the molecule is C[P@]1(=O)OC[C@@]2(CCC[C@@]3(S(=O)(=O)c4ccc(C(F)(F)F)cc4)c4c(F)ccc(F)c4OC[C@@H]23)CO1. The molecule has 0 aromatic heterocycles. The third kappa shape index (κ3) is 3.71. The lowest BCUT2D eigenvalue weighted by Gasteiger charge is -2.57. The van der Waals surface area contributed by atoms with Crippen LogP contribution in [-0.2, 0) is 34.4 Å². The van der Waals surface area contributed by atoms with E-state index in [1.54, 1.807) is 0 Å². The molecule has 0 radical (unpaired) electrons. The maximum Gasteiger partial charge on any atom is 0.416 e. The number of alkyl halides is 3. The molecule has 5 rings (SSSR count). The highest BCUT2D eigenvalue weighted by atomic mass is 32.2. The van der Waals surface area contributed by atoms with Crippen LogP contribution in [0.3, 0.4) is 0 Å². The number of benzene rings is 2. The summed E-state index contributed by atoms with van der Waals surface area (Å²) in [5, 5.41) is 0. The Balaban J connectivity index is 1.74. The first-order valence-electron chi connectivity index (χ1n) is 11.1. The van der Waals surface area contributed by atoms with Gasteiger partial charge in [-0.25, -0.2) is 17.2 Å². The van der Waals surface area contributed by atoms with E-state index in [-0.39, 0.29) is 32.7 Å². The van der Waals surface area contributed by atoms with Gasteiger partial charge in [-0.15, -0.1) is 0 Å².